The second kappa shape index (κ2) is 4.87. The van der Waals surface area contributed by atoms with Gasteiger partial charge in [-0.2, -0.15) is 5.10 Å². The van der Waals surface area contributed by atoms with Crippen molar-refractivity contribution in [3.63, 3.8) is 0 Å². The van der Waals surface area contributed by atoms with E-state index in [9.17, 15) is 0 Å². The van der Waals surface area contributed by atoms with Gasteiger partial charge in [-0.15, -0.1) is 0 Å². The normalized spacial score (nSPS) is 18.7. The molecule has 0 saturated carbocycles. The second-order valence-corrected chi connectivity index (χ2v) is 5.67. The first-order valence-corrected chi connectivity index (χ1v) is 7.35. The van der Waals surface area contributed by atoms with E-state index in [4.69, 9.17) is 0 Å². The van der Waals surface area contributed by atoms with Gasteiger partial charge in [0.15, 0.2) is 0 Å². The third-order valence-corrected chi connectivity index (χ3v) is 4.14. The number of aromatic nitrogens is 5. The summed E-state index contributed by atoms with van der Waals surface area (Å²) >= 11 is 0. The summed E-state index contributed by atoms with van der Waals surface area (Å²) in [4.78, 5) is 14.4. The average Bonchev–Trinajstić information content (AvgIpc) is 3.19. The Morgan fingerprint density at radius 3 is 3.19 bits per heavy atom. The van der Waals surface area contributed by atoms with Gasteiger partial charge >= 0.3 is 0 Å². The number of nitrogens with one attached hydrogen (secondary N) is 1. The van der Waals surface area contributed by atoms with Crippen molar-refractivity contribution in [2.75, 3.05) is 11.4 Å². The van der Waals surface area contributed by atoms with Crippen LogP contribution in [0.5, 0.6) is 0 Å². The lowest BCUT2D eigenvalue weighted by molar-refractivity contribution is 0.508. The molecule has 1 fully saturated rings. The summed E-state index contributed by atoms with van der Waals surface area (Å²) in [5.41, 5.74) is 2.11. The summed E-state index contributed by atoms with van der Waals surface area (Å²) < 4.78 is 2.04. The molecule has 4 heterocycles. The van der Waals surface area contributed by atoms with Crippen molar-refractivity contribution in [3.05, 3.63) is 36.5 Å². The van der Waals surface area contributed by atoms with Crippen LogP contribution in [0.3, 0.4) is 0 Å². The minimum absolute atomic E-state index is 0.442. The van der Waals surface area contributed by atoms with Crippen molar-refractivity contribution >= 4 is 16.9 Å². The van der Waals surface area contributed by atoms with Crippen LogP contribution >= 0.6 is 0 Å². The summed E-state index contributed by atoms with van der Waals surface area (Å²) in [5.74, 6) is 1.03. The van der Waals surface area contributed by atoms with Crippen LogP contribution in [0.25, 0.3) is 11.0 Å². The highest BCUT2D eigenvalue weighted by atomic mass is 15.3. The summed E-state index contributed by atoms with van der Waals surface area (Å²) in [6.45, 7) is 4.02. The minimum atomic E-state index is 0.442. The van der Waals surface area contributed by atoms with Crippen molar-refractivity contribution in [2.45, 2.75) is 32.4 Å². The molecule has 0 unspecified atom stereocenters. The van der Waals surface area contributed by atoms with Crippen LogP contribution in [0.4, 0.5) is 5.82 Å². The largest absolute Gasteiger partial charge is 0.351 e. The number of aromatic amines is 1. The van der Waals surface area contributed by atoms with Crippen LogP contribution in [0.2, 0.25) is 0 Å². The molecule has 1 aliphatic rings. The highest BCUT2D eigenvalue weighted by Crippen LogP contribution is 2.29. The summed E-state index contributed by atoms with van der Waals surface area (Å²) in [6, 6.07) is 2.50. The molecule has 108 valence electrons. The van der Waals surface area contributed by atoms with E-state index in [1.54, 1.807) is 6.33 Å². The molecule has 3 aromatic heterocycles. The van der Waals surface area contributed by atoms with Gasteiger partial charge in [0.25, 0.3) is 0 Å². The standard InChI is InChI=1S/C15H18N6/c1-11-7-19-20(8-11)9-12-3-2-6-21(12)15-13-4-5-16-14(13)17-10-18-15/h4-5,7-8,10,12H,2-3,6,9H2,1H3,(H,16,17,18)/t12-/m1/s1. The monoisotopic (exact) mass is 282 g/mol. The maximum Gasteiger partial charge on any atom is 0.142 e. The number of fused-ring (bicyclic) bond motifs is 1. The molecule has 0 spiro atoms. The molecule has 1 N–H and O–H groups in total. The molecular formula is C15H18N6. The van der Waals surface area contributed by atoms with Crippen LogP contribution in [0, 0.1) is 6.92 Å². The number of anilines is 1. The fraction of sp³-hybridized carbons (Fsp3) is 0.400. The topological polar surface area (TPSA) is 62.6 Å². The van der Waals surface area contributed by atoms with Crippen LogP contribution < -0.4 is 4.90 Å². The van der Waals surface area contributed by atoms with E-state index < -0.39 is 0 Å². The molecule has 0 amide bonds. The van der Waals surface area contributed by atoms with Gasteiger partial charge in [-0.25, -0.2) is 9.97 Å². The fourth-order valence-corrected chi connectivity index (χ4v) is 3.17. The Bertz CT molecular complexity index is 758. The zero-order chi connectivity index (χ0) is 14.2. The lowest BCUT2D eigenvalue weighted by Gasteiger charge is -2.26. The Balaban J connectivity index is 1.65. The summed E-state index contributed by atoms with van der Waals surface area (Å²) in [7, 11) is 0. The Morgan fingerprint density at radius 2 is 2.33 bits per heavy atom. The molecule has 0 aromatic carbocycles. The fourth-order valence-electron chi connectivity index (χ4n) is 3.17. The van der Waals surface area contributed by atoms with Crippen molar-refractivity contribution < 1.29 is 0 Å². The van der Waals surface area contributed by atoms with Crippen molar-refractivity contribution in [2.24, 2.45) is 0 Å². The molecule has 0 radical (unpaired) electrons. The molecular weight excluding hydrogens is 264 g/mol. The molecule has 0 bridgehead atoms. The summed E-state index contributed by atoms with van der Waals surface area (Å²) in [5, 5.41) is 5.51. The smallest absolute Gasteiger partial charge is 0.142 e. The lowest BCUT2D eigenvalue weighted by Crippen LogP contribution is -2.33. The van der Waals surface area contributed by atoms with Gasteiger partial charge in [0.1, 0.15) is 17.8 Å². The van der Waals surface area contributed by atoms with Gasteiger partial charge in [-0.3, -0.25) is 4.68 Å². The lowest BCUT2D eigenvalue weighted by atomic mass is 10.2. The van der Waals surface area contributed by atoms with E-state index in [1.807, 2.05) is 17.1 Å². The van der Waals surface area contributed by atoms with Gasteiger partial charge in [0.05, 0.1) is 24.2 Å². The quantitative estimate of drug-likeness (QED) is 0.799. The molecule has 0 aliphatic carbocycles. The Hall–Kier alpha value is -2.37. The molecule has 1 saturated heterocycles. The number of hydrogen-bond donors (Lipinski definition) is 1. The van der Waals surface area contributed by atoms with Crippen molar-refractivity contribution in [1.82, 2.24) is 24.7 Å². The third kappa shape index (κ3) is 2.16. The van der Waals surface area contributed by atoms with E-state index in [1.165, 1.54) is 18.4 Å². The number of hydrogen-bond acceptors (Lipinski definition) is 4. The molecule has 6 nitrogen and oxygen atoms in total. The number of H-pyrrole nitrogens is 1. The third-order valence-electron chi connectivity index (χ3n) is 4.14. The van der Waals surface area contributed by atoms with E-state index in [0.29, 0.717) is 6.04 Å². The van der Waals surface area contributed by atoms with Gasteiger partial charge in [0.2, 0.25) is 0 Å². The molecule has 3 aromatic rings. The minimum Gasteiger partial charge on any atom is -0.351 e. The van der Waals surface area contributed by atoms with Gasteiger partial charge < -0.3 is 9.88 Å². The van der Waals surface area contributed by atoms with Gasteiger partial charge in [0, 0.05) is 18.9 Å². The van der Waals surface area contributed by atoms with E-state index >= 15 is 0 Å². The zero-order valence-electron chi connectivity index (χ0n) is 12.0. The second-order valence-electron chi connectivity index (χ2n) is 5.67. The number of rotatable bonds is 3. The van der Waals surface area contributed by atoms with E-state index in [-0.39, 0.29) is 0 Å². The molecule has 6 heteroatoms. The predicted octanol–water partition coefficient (Wildman–Crippen LogP) is 2.13. The average molecular weight is 282 g/mol. The highest BCUT2D eigenvalue weighted by Gasteiger charge is 2.27. The highest BCUT2D eigenvalue weighted by molar-refractivity contribution is 5.87. The van der Waals surface area contributed by atoms with Crippen LogP contribution in [0.15, 0.2) is 31.0 Å². The van der Waals surface area contributed by atoms with Crippen LogP contribution in [-0.2, 0) is 6.54 Å². The number of nitrogens with zero attached hydrogens (tertiary/aromatic N) is 5. The van der Waals surface area contributed by atoms with Crippen LogP contribution in [-0.4, -0.2) is 37.3 Å². The van der Waals surface area contributed by atoms with Gasteiger partial charge in [-0.1, -0.05) is 0 Å². The molecule has 4 rings (SSSR count). The van der Waals surface area contributed by atoms with E-state index in [0.717, 1.165) is 29.9 Å². The SMILES string of the molecule is Cc1cnn(C[C@H]2CCCN2c2ncnc3[nH]ccc23)c1. The summed E-state index contributed by atoms with van der Waals surface area (Å²) in [6.07, 6.45) is 9.94. The first-order chi connectivity index (χ1) is 10.3. The molecule has 1 atom stereocenters. The molecule has 1 aliphatic heterocycles. The molecule has 21 heavy (non-hydrogen) atoms. The van der Waals surface area contributed by atoms with Crippen molar-refractivity contribution in [3.8, 4) is 0 Å². The first kappa shape index (κ1) is 12.4. The van der Waals surface area contributed by atoms with Crippen LogP contribution in [0.1, 0.15) is 18.4 Å². The number of aryl methyl sites for hydroxylation is 1. The maximum absolute atomic E-state index is 4.52. The maximum atomic E-state index is 4.52. The Morgan fingerprint density at radius 1 is 1.38 bits per heavy atom. The van der Waals surface area contributed by atoms with E-state index in [2.05, 4.69) is 44.1 Å². The Labute approximate surface area is 122 Å². The Kier molecular flexibility index (Phi) is 2.87. The van der Waals surface area contributed by atoms with Crippen molar-refractivity contribution in [1.29, 1.82) is 0 Å². The van der Waals surface area contributed by atoms with Gasteiger partial charge in [-0.05, 0) is 31.4 Å². The zero-order valence-corrected chi connectivity index (χ0v) is 12.0. The predicted molar refractivity (Wildman–Crippen MR) is 81.2 cm³/mol. The first-order valence-electron chi connectivity index (χ1n) is 7.35.